The van der Waals surface area contributed by atoms with E-state index in [-0.39, 0.29) is 6.10 Å². The lowest BCUT2D eigenvalue weighted by atomic mass is 9.93. The quantitative estimate of drug-likeness (QED) is 0.531. The maximum absolute atomic E-state index is 9.30. The lowest BCUT2D eigenvalue weighted by Crippen LogP contribution is -2.22. The fraction of sp³-hybridized carbons (Fsp3) is 1.00. The van der Waals surface area contributed by atoms with Gasteiger partial charge in [-0.1, -0.05) is 13.8 Å². The Balaban J connectivity index is 2.40. The summed E-state index contributed by atoms with van der Waals surface area (Å²) in [6.07, 6.45) is -0.106. The molecule has 0 aromatic heterocycles. The number of aliphatic hydroxyl groups is 1. The van der Waals surface area contributed by atoms with Gasteiger partial charge in [0.15, 0.2) is 0 Å². The molecule has 1 heterocycles. The average molecular weight is 129 g/mol. The third-order valence-corrected chi connectivity index (χ3v) is 2.08. The average Bonchev–Trinajstić information content (AvgIpc) is 2.13. The van der Waals surface area contributed by atoms with Gasteiger partial charge in [-0.2, -0.15) is 0 Å². The van der Waals surface area contributed by atoms with Gasteiger partial charge in [-0.05, 0) is 5.92 Å². The van der Waals surface area contributed by atoms with E-state index in [1.54, 1.807) is 0 Å². The Bertz CT molecular complexity index is 92.9. The Kier molecular flexibility index (Phi) is 2.09. The van der Waals surface area contributed by atoms with Gasteiger partial charge in [-0.25, -0.2) is 0 Å². The van der Waals surface area contributed by atoms with E-state index in [1.807, 2.05) is 0 Å². The van der Waals surface area contributed by atoms with Crippen LogP contribution in [0, 0.1) is 11.8 Å². The SMILES string of the molecule is CC(C)[C@@H]1CNC[C@@H]1O. The van der Waals surface area contributed by atoms with E-state index in [1.165, 1.54) is 0 Å². The van der Waals surface area contributed by atoms with Crippen LogP contribution in [0.2, 0.25) is 0 Å². The van der Waals surface area contributed by atoms with Gasteiger partial charge in [0, 0.05) is 19.0 Å². The van der Waals surface area contributed by atoms with Crippen LogP contribution in [0.3, 0.4) is 0 Å². The van der Waals surface area contributed by atoms with Gasteiger partial charge in [0.1, 0.15) is 0 Å². The molecular weight excluding hydrogens is 114 g/mol. The second-order valence-corrected chi connectivity index (χ2v) is 3.13. The number of hydrogen-bond donors (Lipinski definition) is 2. The predicted octanol–water partition coefficient (Wildman–Crippen LogP) is 0.223. The zero-order chi connectivity index (χ0) is 6.85. The van der Waals surface area contributed by atoms with E-state index in [2.05, 4.69) is 19.2 Å². The van der Waals surface area contributed by atoms with E-state index >= 15 is 0 Å². The molecule has 0 unspecified atom stereocenters. The fourth-order valence-corrected chi connectivity index (χ4v) is 1.37. The highest BCUT2D eigenvalue weighted by atomic mass is 16.3. The molecule has 2 heteroatoms. The van der Waals surface area contributed by atoms with Gasteiger partial charge in [-0.3, -0.25) is 0 Å². The van der Waals surface area contributed by atoms with E-state index in [9.17, 15) is 5.11 Å². The monoisotopic (exact) mass is 129 g/mol. The van der Waals surface area contributed by atoms with E-state index in [0.29, 0.717) is 11.8 Å². The standard InChI is InChI=1S/C7H15NO/c1-5(2)6-3-8-4-7(6)9/h5-9H,3-4H2,1-2H3/t6-,7-/m0/s1. The van der Waals surface area contributed by atoms with Crippen LogP contribution in [0.4, 0.5) is 0 Å². The van der Waals surface area contributed by atoms with Crippen molar-refractivity contribution in [3.8, 4) is 0 Å². The Morgan fingerprint density at radius 2 is 2.11 bits per heavy atom. The van der Waals surface area contributed by atoms with E-state index in [0.717, 1.165) is 13.1 Å². The van der Waals surface area contributed by atoms with Gasteiger partial charge in [0.25, 0.3) is 0 Å². The molecule has 0 radical (unpaired) electrons. The van der Waals surface area contributed by atoms with Crippen molar-refractivity contribution < 1.29 is 5.11 Å². The molecule has 0 aromatic rings. The molecule has 1 saturated heterocycles. The summed E-state index contributed by atoms with van der Waals surface area (Å²) >= 11 is 0. The van der Waals surface area contributed by atoms with Crippen molar-refractivity contribution in [2.45, 2.75) is 20.0 Å². The minimum Gasteiger partial charge on any atom is -0.391 e. The maximum Gasteiger partial charge on any atom is 0.0707 e. The molecule has 2 N–H and O–H groups in total. The Hall–Kier alpha value is -0.0800. The minimum atomic E-state index is -0.106. The van der Waals surface area contributed by atoms with Crippen molar-refractivity contribution in [2.24, 2.45) is 11.8 Å². The zero-order valence-electron chi connectivity index (χ0n) is 6.09. The number of nitrogens with one attached hydrogen (secondary N) is 1. The molecular formula is C7H15NO. The first kappa shape index (κ1) is 7.03. The van der Waals surface area contributed by atoms with E-state index in [4.69, 9.17) is 0 Å². The van der Waals surface area contributed by atoms with Crippen LogP contribution in [0.25, 0.3) is 0 Å². The molecule has 0 aliphatic carbocycles. The summed E-state index contributed by atoms with van der Waals surface area (Å²) in [7, 11) is 0. The summed E-state index contributed by atoms with van der Waals surface area (Å²) in [5, 5.41) is 12.5. The highest BCUT2D eigenvalue weighted by Gasteiger charge is 2.26. The lowest BCUT2D eigenvalue weighted by Gasteiger charge is -2.16. The molecule has 0 amide bonds. The highest BCUT2D eigenvalue weighted by Crippen LogP contribution is 2.17. The van der Waals surface area contributed by atoms with Crippen molar-refractivity contribution in [1.29, 1.82) is 0 Å². The first-order valence-corrected chi connectivity index (χ1v) is 3.60. The van der Waals surface area contributed by atoms with Crippen LogP contribution in [0.1, 0.15) is 13.8 Å². The van der Waals surface area contributed by atoms with Crippen LogP contribution >= 0.6 is 0 Å². The summed E-state index contributed by atoms with van der Waals surface area (Å²) in [5.74, 6) is 1.08. The zero-order valence-corrected chi connectivity index (χ0v) is 6.09. The normalized spacial score (nSPS) is 36.0. The van der Waals surface area contributed by atoms with Gasteiger partial charge >= 0.3 is 0 Å². The number of hydrogen-bond acceptors (Lipinski definition) is 2. The Morgan fingerprint density at radius 3 is 2.33 bits per heavy atom. The van der Waals surface area contributed by atoms with Gasteiger partial charge in [0.2, 0.25) is 0 Å². The molecule has 1 aliphatic rings. The molecule has 1 fully saturated rings. The van der Waals surface area contributed by atoms with Crippen molar-refractivity contribution in [2.75, 3.05) is 13.1 Å². The van der Waals surface area contributed by atoms with Gasteiger partial charge in [0.05, 0.1) is 6.10 Å². The first-order valence-electron chi connectivity index (χ1n) is 3.60. The largest absolute Gasteiger partial charge is 0.391 e. The van der Waals surface area contributed by atoms with Crippen LogP contribution in [-0.4, -0.2) is 24.3 Å². The third-order valence-electron chi connectivity index (χ3n) is 2.08. The van der Waals surface area contributed by atoms with Crippen molar-refractivity contribution >= 4 is 0 Å². The van der Waals surface area contributed by atoms with Crippen LogP contribution in [0.5, 0.6) is 0 Å². The number of β-amino-alcohol motifs (C(OH)–C–C–N with tert-alkyl or cyclic N) is 1. The van der Waals surface area contributed by atoms with E-state index < -0.39 is 0 Å². The van der Waals surface area contributed by atoms with Crippen LogP contribution in [-0.2, 0) is 0 Å². The van der Waals surface area contributed by atoms with Crippen molar-refractivity contribution in [3.05, 3.63) is 0 Å². The molecule has 0 bridgehead atoms. The van der Waals surface area contributed by atoms with Crippen LogP contribution in [0.15, 0.2) is 0 Å². The lowest BCUT2D eigenvalue weighted by molar-refractivity contribution is 0.123. The molecule has 1 aliphatic heterocycles. The predicted molar refractivity (Wildman–Crippen MR) is 37.2 cm³/mol. The minimum absolute atomic E-state index is 0.106. The van der Waals surface area contributed by atoms with Gasteiger partial charge in [-0.15, -0.1) is 0 Å². The maximum atomic E-state index is 9.30. The summed E-state index contributed by atoms with van der Waals surface area (Å²) in [6, 6.07) is 0. The number of aliphatic hydroxyl groups excluding tert-OH is 1. The van der Waals surface area contributed by atoms with Gasteiger partial charge < -0.3 is 10.4 Å². The topological polar surface area (TPSA) is 32.3 Å². The highest BCUT2D eigenvalue weighted by molar-refractivity contribution is 4.81. The number of rotatable bonds is 1. The molecule has 1 rings (SSSR count). The molecule has 0 saturated carbocycles. The summed E-state index contributed by atoms with van der Waals surface area (Å²) < 4.78 is 0. The van der Waals surface area contributed by atoms with Crippen molar-refractivity contribution in [1.82, 2.24) is 5.32 Å². The second-order valence-electron chi connectivity index (χ2n) is 3.13. The fourth-order valence-electron chi connectivity index (χ4n) is 1.37. The summed E-state index contributed by atoms with van der Waals surface area (Å²) in [4.78, 5) is 0. The van der Waals surface area contributed by atoms with Crippen LogP contribution < -0.4 is 5.32 Å². The smallest absolute Gasteiger partial charge is 0.0707 e. The molecule has 2 atom stereocenters. The van der Waals surface area contributed by atoms with Crippen molar-refractivity contribution in [3.63, 3.8) is 0 Å². The molecule has 2 nitrogen and oxygen atoms in total. The molecule has 54 valence electrons. The summed E-state index contributed by atoms with van der Waals surface area (Å²) in [6.45, 7) is 6.07. The third kappa shape index (κ3) is 1.43. The Labute approximate surface area is 56.3 Å². The molecule has 9 heavy (non-hydrogen) atoms. The summed E-state index contributed by atoms with van der Waals surface area (Å²) in [5.41, 5.74) is 0. The first-order chi connectivity index (χ1) is 4.22. The molecule has 0 spiro atoms. The Morgan fingerprint density at radius 1 is 1.44 bits per heavy atom. The second kappa shape index (κ2) is 2.67. The molecule has 0 aromatic carbocycles.